The zero-order valence-electron chi connectivity index (χ0n) is 16.8. The third-order valence-corrected chi connectivity index (χ3v) is 5.32. The van der Waals surface area contributed by atoms with E-state index in [2.05, 4.69) is 80.6 Å². The molecule has 0 atom stereocenters. The number of aromatic nitrogens is 6. The summed E-state index contributed by atoms with van der Waals surface area (Å²) in [4.78, 5) is 4.86. The Bertz CT molecular complexity index is 1270. The van der Waals surface area contributed by atoms with Gasteiger partial charge in [0.05, 0.1) is 11.0 Å². The number of aromatic amines is 1. The van der Waals surface area contributed by atoms with E-state index < -0.39 is 0 Å². The molecule has 0 amide bonds. The summed E-state index contributed by atoms with van der Waals surface area (Å²) >= 11 is 0. The molecule has 148 valence electrons. The number of H-pyrrole nitrogens is 1. The first-order chi connectivity index (χ1) is 14.8. The highest BCUT2D eigenvalue weighted by Crippen LogP contribution is 2.31. The maximum atomic E-state index is 4.86. The number of rotatable bonds is 6. The van der Waals surface area contributed by atoms with Gasteiger partial charge in [-0.1, -0.05) is 61.5 Å². The van der Waals surface area contributed by atoms with Crippen molar-refractivity contribution in [3.63, 3.8) is 0 Å². The predicted octanol–water partition coefficient (Wildman–Crippen LogP) is 4.88. The van der Waals surface area contributed by atoms with Gasteiger partial charge >= 0.3 is 0 Å². The zero-order valence-corrected chi connectivity index (χ0v) is 16.8. The largest absolute Gasteiger partial charge is 0.323 e. The minimum atomic E-state index is 0.667. The van der Waals surface area contributed by atoms with Crippen molar-refractivity contribution < 1.29 is 0 Å². The van der Waals surface area contributed by atoms with Gasteiger partial charge in [0.2, 0.25) is 0 Å². The maximum absolute atomic E-state index is 4.86. The number of aryl methyl sites for hydroxylation is 1. The molecular weight excluding hydrogens is 372 g/mol. The molecule has 1 N–H and O–H groups in total. The van der Waals surface area contributed by atoms with E-state index in [4.69, 9.17) is 4.98 Å². The first-order valence-corrected chi connectivity index (χ1v) is 10.2. The minimum absolute atomic E-state index is 0.667. The molecule has 0 spiro atoms. The van der Waals surface area contributed by atoms with E-state index in [1.54, 1.807) is 0 Å². The van der Waals surface area contributed by atoms with Crippen LogP contribution in [0.2, 0.25) is 0 Å². The van der Waals surface area contributed by atoms with E-state index >= 15 is 0 Å². The highest BCUT2D eigenvalue weighted by Gasteiger charge is 2.14. The molecule has 6 nitrogen and oxygen atoms in total. The Kier molecular flexibility index (Phi) is 4.81. The summed E-state index contributed by atoms with van der Waals surface area (Å²) in [5.41, 5.74) is 6.61. The maximum Gasteiger partial charge on any atom is 0.180 e. The number of hydrogen-bond acceptors (Lipinski definition) is 4. The Morgan fingerprint density at radius 2 is 1.73 bits per heavy atom. The highest BCUT2D eigenvalue weighted by molar-refractivity contribution is 5.81. The van der Waals surface area contributed by atoms with Crippen molar-refractivity contribution in [2.24, 2.45) is 0 Å². The standard InChI is InChI=1S/C24H22N6/c1-2-8-23-25-21-11-6-7-12-22(21)30(23)16-17-13-14-19(18-9-4-3-5-10-18)20(15-17)24-26-28-29-27-24/h3-7,9-15H,2,8,16H2,1H3,(H,26,27,28,29). The quantitative estimate of drug-likeness (QED) is 0.445. The molecule has 0 aliphatic rings. The molecule has 0 aliphatic heterocycles. The molecule has 6 heteroatoms. The number of benzene rings is 3. The number of tetrazole rings is 1. The lowest BCUT2D eigenvalue weighted by Crippen LogP contribution is -2.05. The summed E-state index contributed by atoms with van der Waals surface area (Å²) in [6.07, 6.45) is 2.01. The Labute approximate surface area is 174 Å². The van der Waals surface area contributed by atoms with Crippen molar-refractivity contribution in [2.75, 3.05) is 0 Å². The second kappa shape index (κ2) is 7.91. The van der Waals surface area contributed by atoms with Crippen LogP contribution in [0, 0.1) is 0 Å². The second-order valence-corrected chi connectivity index (χ2v) is 7.35. The van der Waals surface area contributed by atoms with E-state index in [1.807, 2.05) is 24.3 Å². The van der Waals surface area contributed by atoms with Gasteiger partial charge in [-0.15, -0.1) is 5.10 Å². The van der Waals surface area contributed by atoms with Crippen LogP contribution in [-0.2, 0) is 13.0 Å². The van der Waals surface area contributed by atoms with Gasteiger partial charge in [-0.3, -0.25) is 0 Å². The number of imidazole rings is 1. The predicted molar refractivity (Wildman–Crippen MR) is 118 cm³/mol. The molecule has 0 radical (unpaired) electrons. The third kappa shape index (κ3) is 3.37. The van der Waals surface area contributed by atoms with Gasteiger partial charge in [0.15, 0.2) is 5.82 Å². The molecule has 5 aromatic rings. The fraction of sp³-hybridized carbons (Fsp3) is 0.167. The summed E-state index contributed by atoms with van der Waals surface area (Å²) in [5, 5.41) is 14.7. The van der Waals surface area contributed by atoms with Crippen LogP contribution in [0.4, 0.5) is 0 Å². The average Bonchev–Trinajstić information content (AvgIpc) is 3.44. The molecule has 0 saturated carbocycles. The van der Waals surface area contributed by atoms with Crippen LogP contribution in [0.25, 0.3) is 33.5 Å². The van der Waals surface area contributed by atoms with Gasteiger partial charge in [0.1, 0.15) is 5.82 Å². The van der Waals surface area contributed by atoms with Gasteiger partial charge in [0.25, 0.3) is 0 Å². The van der Waals surface area contributed by atoms with Crippen LogP contribution in [0.5, 0.6) is 0 Å². The highest BCUT2D eigenvalue weighted by atomic mass is 15.5. The van der Waals surface area contributed by atoms with Crippen LogP contribution in [0.15, 0.2) is 72.8 Å². The van der Waals surface area contributed by atoms with Gasteiger partial charge in [-0.2, -0.15) is 0 Å². The first-order valence-electron chi connectivity index (χ1n) is 10.2. The van der Waals surface area contributed by atoms with Gasteiger partial charge < -0.3 is 4.57 Å². The number of nitrogens with zero attached hydrogens (tertiary/aromatic N) is 5. The molecule has 3 aromatic carbocycles. The molecule has 5 rings (SSSR count). The lowest BCUT2D eigenvalue weighted by Gasteiger charge is -2.13. The number of para-hydroxylation sites is 2. The molecular formula is C24H22N6. The lowest BCUT2D eigenvalue weighted by atomic mass is 9.97. The molecule has 2 aromatic heterocycles. The summed E-state index contributed by atoms with van der Waals surface area (Å²) in [7, 11) is 0. The van der Waals surface area contributed by atoms with E-state index in [0.29, 0.717) is 5.82 Å². The minimum Gasteiger partial charge on any atom is -0.323 e. The van der Waals surface area contributed by atoms with Gasteiger partial charge in [-0.05, 0) is 51.7 Å². The van der Waals surface area contributed by atoms with Crippen molar-refractivity contribution in [3.05, 3.63) is 84.2 Å². The monoisotopic (exact) mass is 394 g/mol. The normalized spacial score (nSPS) is 11.2. The zero-order chi connectivity index (χ0) is 20.3. The topological polar surface area (TPSA) is 72.3 Å². The van der Waals surface area contributed by atoms with Crippen molar-refractivity contribution in [1.29, 1.82) is 0 Å². The molecule has 0 fully saturated rings. The van der Waals surface area contributed by atoms with Crippen LogP contribution < -0.4 is 0 Å². The third-order valence-electron chi connectivity index (χ3n) is 5.32. The first kappa shape index (κ1) is 18.2. The Balaban J connectivity index is 1.61. The van der Waals surface area contributed by atoms with Crippen LogP contribution in [0.3, 0.4) is 0 Å². The molecule has 30 heavy (non-hydrogen) atoms. The van der Waals surface area contributed by atoms with E-state index in [0.717, 1.165) is 52.9 Å². The van der Waals surface area contributed by atoms with Crippen molar-refractivity contribution >= 4 is 11.0 Å². The molecule has 0 aliphatic carbocycles. The van der Waals surface area contributed by atoms with E-state index in [1.165, 1.54) is 5.56 Å². The summed E-state index contributed by atoms with van der Waals surface area (Å²) < 4.78 is 2.32. The van der Waals surface area contributed by atoms with Crippen LogP contribution in [0.1, 0.15) is 24.7 Å². The SMILES string of the molecule is CCCc1nc2ccccc2n1Cc1ccc(-c2ccccc2)c(-c2nnn[nH]2)c1. The number of fused-ring (bicyclic) bond motifs is 1. The molecule has 2 heterocycles. The number of nitrogens with one attached hydrogen (secondary N) is 1. The van der Waals surface area contributed by atoms with Crippen LogP contribution >= 0.6 is 0 Å². The van der Waals surface area contributed by atoms with Crippen molar-refractivity contribution in [2.45, 2.75) is 26.3 Å². The molecule has 0 unspecified atom stereocenters. The van der Waals surface area contributed by atoms with Crippen LogP contribution in [-0.4, -0.2) is 30.2 Å². The van der Waals surface area contributed by atoms with E-state index in [-0.39, 0.29) is 0 Å². The van der Waals surface area contributed by atoms with Crippen molar-refractivity contribution in [1.82, 2.24) is 30.2 Å². The Morgan fingerprint density at radius 1 is 0.900 bits per heavy atom. The van der Waals surface area contributed by atoms with Crippen molar-refractivity contribution in [3.8, 4) is 22.5 Å². The smallest absolute Gasteiger partial charge is 0.180 e. The average molecular weight is 394 g/mol. The van der Waals surface area contributed by atoms with E-state index in [9.17, 15) is 0 Å². The molecule has 0 saturated heterocycles. The van der Waals surface area contributed by atoms with Gasteiger partial charge in [0, 0.05) is 18.5 Å². The Hall–Kier alpha value is -3.80. The summed E-state index contributed by atoms with van der Waals surface area (Å²) in [6.45, 7) is 2.94. The molecule has 0 bridgehead atoms. The number of hydrogen-bond donors (Lipinski definition) is 1. The Morgan fingerprint density at radius 3 is 2.53 bits per heavy atom. The summed E-state index contributed by atoms with van der Waals surface area (Å²) in [5.74, 6) is 1.79. The summed E-state index contributed by atoms with van der Waals surface area (Å²) in [6, 6.07) is 25.1. The lowest BCUT2D eigenvalue weighted by molar-refractivity contribution is 0.722. The fourth-order valence-corrected chi connectivity index (χ4v) is 3.93. The second-order valence-electron chi connectivity index (χ2n) is 7.35. The van der Waals surface area contributed by atoms with Gasteiger partial charge in [-0.25, -0.2) is 10.1 Å². The fourth-order valence-electron chi connectivity index (χ4n) is 3.93.